The molecule has 1 aromatic heterocycles. The molecule has 1 heterocycles. The number of nitrogens with zero attached hydrogens (tertiary/aromatic N) is 1. The monoisotopic (exact) mass is 367 g/mol. The van der Waals surface area contributed by atoms with E-state index in [1.807, 2.05) is 5.32 Å². The zero-order chi connectivity index (χ0) is 19.2. The zero-order valence-corrected chi connectivity index (χ0v) is 14.2. The number of hydrogen-bond donors (Lipinski definition) is 2. The first-order valence-corrected chi connectivity index (χ1v) is 8.04. The third-order valence-corrected chi connectivity index (χ3v) is 3.68. The van der Waals surface area contributed by atoms with Crippen LogP contribution in [0.2, 0.25) is 0 Å². The first kappa shape index (κ1) is 19.7. The normalized spacial score (nSPS) is 12.5. The lowest BCUT2D eigenvalue weighted by Gasteiger charge is -2.22. The zero-order valence-electron chi connectivity index (χ0n) is 14.2. The molecule has 8 heteroatoms. The Labute approximate surface area is 149 Å². The summed E-state index contributed by atoms with van der Waals surface area (Å²) >= 11 is 0. The number of pyridine rings is 1. The summed E-state index contributed by atoms with van der Waals surface area (Å²) in [6.45, 7) is 2.61. The van der Waals surface area contributed by atoms with Crippen molar-refractivity contribution >= 4 is 5.91 Å². The van der Waals surface area contributed by atoms with Gasteiger partial charge in [0.2, 0.25) is 0 Å². The Morgan fingerprint density at radius 2 is 2.12 bits per heavy atom. The van der Waals surface area contributed by atoms with E-state index < -0.39 is 18.1 Å². The van der Waals surface area contributed by atoms with Crippen LogP contribution >= 0.6 is 0 Å². The van der Waals surface area contributed by atoms with Gasteiger partial charge in [-0.25, -0.2) is 0 Å². The fraction of sp³-hybridized carbons (Fsp3) is 0.333. The Morgan fingerprint density at radius 3 is 2.73 bits per heavy atom. The SMILES string of the molecule is Cc1ccc(C(=O)N[C@H](c2cccnc2)C(F)(F)F)cc1OCCCN. The number of ether oxygens (including phenoxy) is 1. The topological polar surface area (TPSA) is 77.2 Å². The summed E-state index contributed by atoms with van der Waals surface area (Å²) in [6.07, 6.45) is -1.57. The second-order valence-electron chi connectivity index (χ2n) is 5.71. The molecule has 1 aromatic carbocycles. The standard InChI is InChI=1S/C18H20F3N3O2/c1-12-5-6-13(10-15(12)26-9-3-7-22)17(25)24-16(18(19,20)21)14-4-2-8-23-11-14/h2,4-6,8,10-11,16H,3,7,9,22H2,1H3,(H,24,25)/t16-/m1/s1. The minimum Gasteiger partial charge on any atom is -0.493 e. The molecular formula is C18H20F3N3O2. The van der Waals surface area contributed by atoms with Crippen LogP contribution in [0.15, 0.2) is 42.7 Å². The Bertz CT molecular complexity index is 736. The predicted octanol–water partition coefficient (Wildman–Crippen LogP) is 3.15. The third kappa shape index (κ3) is 5.19. The van der Waals surface area contributed by atoms with E-state index in [1.54, 1.807) is 13.0 Å². The van der Waals surface area contributed by atoms with Crippen LogP contribution in [0.25, 0.3) is 0 Å². The molecule has 1 amide bonds. The number of aromatic nitrogens is 1. The number of carbonyl (C=O) groups is 1. The number of aryl methyl sites for hydroxylation is 1. The van der Waals surface area contributed by atoms with Gasteiger partial charge in [-0.3, -0.25) is 9.78 Å². The van der Waals surface area contributed by atoms with Crippen LogP contribution < -0.4 is 15.8 Å². The molecule has 0 saturated carbocycles. The molecule has 0 aliphatic carbocycles. The van der Waals surface area contributed by atoms with Gasteiger partial charge in [0.05, 0.1) is 6.61 Å². The molecule has 26 heavy (non-hydrogen) atoms. The van der Waals surface area contributed by atoms with Crippen LogP contribution in [0.3, 0.4) is 0 Å². The molecule has 5 nitrogen and oxygen atoms in total. The van der Waals surface area contributed by atoms with Crippen molar-refractivity contribution in [2.24, 2.45) is 5.73 Å². The number of carbonyl (C=O) groups excluding carboxylic acids is 1. The quantitative estimate of drug-likeness (QED) is 0.737. The molecule has 0 aliphatic rings. The minimum absolute atomic E-state index is 0.0801. The summed E-state index contributed by atoms with van der Waals surface area (Å²) in [7, 11) is 0. The molecule has 0 saturated heterocycles. The van der Waals surface area contributed by atoms with E-state index in [1.165, 1.54) is 30.5 Å². The van der Waals surface area contributed by atoms with Gasteiger partial charge in [-0.15, -0.1) is 0 Å². The lowest BCUT2D eigenvalue weighted by Crippen LogP contribution is -2.38. The van der Waals surface area contributed by atoms with Crippen molar-refractivity contribution in [2.75, 3.05) is 13.2 Å². The van der Waals surface area contributed by atoms with Crippen molar-refractivity contribution in [3.63, 3.8) is 0 Å². The van der Waals surface area contributed by atoms with Crippen molar-refractivity contribution in [2.45, 2.75) is 25.6 Å². The molecule has 0 fully saturated rings. The van der Waals surface area contributed by atoms with Crippen LogP contribution in [0.4, 0.5) is 13.2 Å². The lowest BCUT2D eigenvalue weighted by molar-refractivity contribution is -0.155. The lowest BCUT2D eigenvalue weighted by atomic mass is 10.1. The van der Waals surface area contributed by atoms with E-state index in [2.05, 4.69) is 4.98 Å². The van der Waals surface area contributed by atoms with Crippen LogP contribution in [0.1, 0.15) is 33.9 Å². The summed E-state index contributed by atoms with van der Waals surface area (Å²) in [6, 6.07) is 5.01. The van der Waals surface area contributed by atoms with Crippen molar-refractivity contribution in [3.8, 4) is 5.75 Å². The molecule has 3 N–H and O–H groups in total. The van der Waals surface area contributed by atoms with Gasteiger partial charge < -0.3 is 15.8 Å². The Kier molecular flexibility index (Phi) is 6.57. The van der Waals surface area contributed by atoms with Crippen molar-refractivity contribution < 1.29 is 22.7 Å². The number of hydrogen-bond acceptors (Lipinski definition) is 4. The number of nitrogens with two attached hydrogens (primary N) is 1. The van der Waals surface area contributed by atoms with E-state index in [0.29, 0.717) is 25.3 Å². The molecule has 2 aromatic rings. The summed E-state index contributed by atoms with van der Waals surface area (Å²) in [4.78, 5) is 16.0. The van der Waals surface area contributed by atoms with Crippen molar-refractivity contribution in [1.29, 1.82) is 0 Å². The summed E-state index contributed by atoms with van der Waals surface area (Å²) in [5, 5.41) is 2.02. The highest BCUT2D eigenvalue weighted by Gasteiger charge is 2.42. The summed E-state index contributed by atoms with van der Waals surface area (Å²) in [5.74, 6) is -0.407. The summed E-state index contributed by atoms with van der Waals surface area (Å²) in [5.41, 5.74) is 6.12. The first-order chi connectivity index (χ1) is 12.3. The molecule has 0 unspecified atom stereocenters. The molecule has 0 spiro atoms. The van der Waals surface area contributed by atoms with Gasteiger partial charge >= 0.3 is 6.18 Å². The number of nitrogens with one attached hydrogen (secondary N) is 1. The van der Waals surface area contributed by atoms with E-state index in [9.17, 15) is 18.0 Å². The molecule has 0 radical (unpaired) electrons. The van der Waals surface area contributed by atoms with Gasteiger partial charge in [-0.05, 0) is 43.7 Å². The van der Waals surface area contributed by atoms with Gasteiger partial charge in [0.1, 0.15) is 5.75 Å². The van der Waals surface area contributed by atoms with Gasteiger partial charge in [0.15, 0.2) is 6.04 Å². The number of halogens is 3. The minimum atomic E-state index is -4.65. The number of alkyl halides is 3. The third-order valence-electron chi connectivity index (χ3n) is 3.68. The van der Waals surface area contributed by atoms with Gasteiger partial charge in [0.25, 0.3) is 5.91 Å². The Morgan fingerprint density at radius 1 is 1.35 bits per heavy atom. The Balaban J connectivity index is 2.20. The maximum absolute atomic E-state index is 13.4. The highest BCUT2D eigenvalue weighted by atomic mass is 19.4. The van der Waals surface area contributed by atoms with Crippen LogP contribution in [0.5, 0.6) is 5.75 Å². The molecular weight excluding hydrogens is 347 g/mol. The predicted molar refractivity (Wildman–Crippen MR) is 90.8 cm³/mol. The molecule has 1 atom stereocenters. The van der Waals surface area contributed by atoms with Gasteiger partial charge in [-0.1, -0.05) is 12.1 Å². The van der Waals surface area contributed by atoms with Crippen molar-refractivity contribution in [1.82, 2.24) is 10.3 Å². The van der Waals surface area contributed by atoms with Crippen LogP contribution in [-0.4, -0.2) is 30.2 Å². The fourth-order valence-corrected chi connectivity index (χ4v) is 2.28. The maximum Gasteiger partial charge on any atom is 0.412 e. The highest BCUT2D eigenvalue weighted by molar-refractivity contribution is 5.95. The van der Waals surface area contributed by atoms with Crippen LogP contribution in [-0.2, 0) is 0 Å². The summed E-state index contributed by atoms with van der Waals surface area (Å²) < 4.78 is 45.6. The van der Waals surface area contributed by atoms with Gasteiger partial charge in [0, 0.05) is 23.5 Å². The number of rotatable bonds is 7. The Hall–Kier alpha value is -2.61. The number of amides is 1. The van der Waals surface area contributed by atoms with E-state index in [-0.39, 0.29) is 11.1 Å². The second kappa shape index (κ2) is 8.66. The maximum atomic E-state index is 13.4. The smallest absolute Gasteiger partial charge is 0.412 e. The van der Waals surface area contributed by atoms with Crippen LogP contribution in [0, 0.1) is 6.92 Å². The largest absolute Gasteiger partial charge is 0.493 e. The van der Waals surface area contributed by atoms with E-state index >= 15 is 0 Å². The first-order valence-electron chi connectivity index (χ1n) is 8.04. The molecule has 2 rings (SSSR count). The number of benzene rings is 1. The molecule has 140 valence electrons. The second-order valence-corrected chi connectivity index (χ2v) is 5.71. The average molecular weight is 367 g/mol. The molecule has 0 bridgehead atoms. The van der Waals surface area contributed by atoms with Gasteiger partial charge in [-0.2, -0.15) is 13.2 Å². The van der Waals surface area contributed by atoms with E-state index in [4.69, 9.17) is 10.5 Å². The molecule has 0 aliphatic heterocycles. The fourth-order valence-electron chi connectivity index (χ4n) is 2.28. The van der Waals surface area contributed by atoms with E-state index in [0.717, 1.165) is 11.8 Å². The average Bonchev–Trinajstić information content (AvgIpc) is 2.61. The highest BCUT2D eigenvalue weighted by Crippen LogP contribution is 2.32. The van der Waals surface area contributed by atoms with Crippen molar-refractivity contribution in [3.05, 3.63) is 59.4 Å².